The van der Waals surface area contributed by atoms with Crippen LogP contribution in [0.4, 0.5) is 4.79 Å². The van der Waals surface area contributed by atoms with Gasteiger partial charge in [-0.25, -0.2) is 9.59 Å². The van der Waals surface area contributed by atoms with Crippen molar-refractivity contribution in [1.82, 2.24) is 4.90 Å². The summed E-state index contributed by atoms with van der Waals surface area (Å²) >= 11 is 0. The normalized spacial score (nSPS) is 17.0. The molecule has 4 aromatic rings. The van der Waals surface area contributed by atoms with Crippen LogP contribution in [0.1, 0.15) is 97.1 Å². The molecule has 1 heterocycles. The number of benzene rings is 4. The average molecular weight is 594 g/mol. The topological polar surface area (TPSA) is 76.1 Å². The molecule has 4 aromatic carbocycles. The van der Waals surface area contributed by atoms with Gasteiger partial charge in [-0.3, -0.25) is 0 Å². The van der Waals surface area contributed by atoms with Crippen molar-refractivity contribution in [1.29, 1.82) is 0 Å². The zero-order valence-electron chi connectivity index (χ0n) is 26.6. The second-order valence-corrected chi connectivity index (χ2v) is 12.9. The van der Waals surface area contributed by atoms with E-state index in [1.807, 2.05) is 82.0 Å². The van der Waals surface area contributed by atoms with Gasteiger partial charge in [0.25, 0.3) is 0 Å². The highest BCUT2D eigenvalue weighted by molar-refractivity contribution is 5.91. The Morgan fingerprint density at radius 1 is 0.955 bits per heavy atom. The molecule has 0 spiro atoms. The van der Waals surface area contributed by atoms with Crippen LogP contribution in [-0.2, 0) is 4.74 Å². The fraction of sp³-hybridized carbons (Fsp3) is 0.368. The number of carbonyl (C=O) groups excluding carboxylic acids is 1. The summed E-state index contributed by atoms with van der Waals surface area (Å²) in [5.74, 6) is -0.0553. The highest BCUT2D eigenvalue weighted by Gasteiger charge is 2.32. The van der Waals surface area contributed by atoms with Gasteiger partial charge in [0.15, 0.2) is 0 Å². The lowest BCUT2D eigenvalue weighted by Gasteiger charge is -2.35. The summed E-state index contributed by atoms with van der Waals surface area (Å²) in [6.07, 6.45) is 1.77. The van der Waals surface area contributed by atoms with Crippen molar-refractivity contribution in [3.05, 3.63) is 112 Å². The van der Waals surface area contributed by atoms with Gasteiger partial charge in [-0.15, -0.1) is 0 Å². The van der Waals surface area contributed by atoms with Gasteiger partial charge in [0.05, 0.1) is 17.7 Å². The highest BCUT2D eigenvalue weighted by atomic mass is 16.6. The average Bonchev–Trinajstić information content (AvgIpc) is 2.97. The first kappa shape index (κ1) is 31.1. The number of para-hydroxylation sites is 1. The maximum Gasteiger partial charge on any atom is 0.410 e. The van der Waals surface area contributed by atoms with E-state index in [1.54, 1.807) is 0 Å². The Hall–Kier alpha value is -4.32. The highest BCUT2D eigenvalue weighted by Crippen LogP contribution is 2.43. The lowest BCUT2D eigenvalue weighted by Crippen LogP contribution is -2.39. The third-order valence-electron chi connectivity index (χ3n) is 8.69. The lowest BCUT2D eigenvalue weighted by molar-refractivity contribution is 0.0162. The molecule has 0 saturated carbocycles. The molecule has 3 atom stereocenters. The molecule has 1 aliphatic rings. The first-order chi connectivity index (χ1) is 20.9. The van der Waals surface area contributed by atoms with Crippen molar-refractivity contribution < 1.29 is 24.2 Å². The SMILES string of the molecule is Cc1ccc(C2CC(CCCN(C(=O)OC(C)(C)C)C(C)c3cccc4ccccc34)Oc3ccccc32)c(C)c1C(=O)O. The number of carbonyl (C=O) groups is 2. The van der Waals surface area contributed by atoms with Crippen molar-refractivity contribution >= 4 is 22.8 Å². The molecule has 6 heteroatoms. The molecule has 0 aliphatic carbocycles. The predicted molar refractivity (Wildman–Crippen MR) is 175 cm³/mol. The number of fused-ring (bicyclic) bond motifs is 2. The fourth-order valence-corrected chi connectivity index (χ4v) is 6.57. The predicted octanol–water partition coefficient (Wildman–Crippen LogP) is 9.22. The molecule has 1 aliphatic heterocycles. The second kappa shape index (κ2) is 12.7. The maximum absolute atomic E-state index is 13.6. The Bertz CT molecular complexity index is 1660. The van der Waals surface area contributed by atoms with Crippen LogP contribution in [-0.4, -0.2) is 40.3 Å². The van der Waals surface area contributed by atoms with E-state index in [0.717, 1.165) is 63.6 Å². The summed E-state index contributed by atoms with van der Waals surface area (Å²) < 4.78 is 12.4. The number of ether oxygens (including phenoxy) is 2. The zero-order chi connectivity index (χ0) is 31.6. The van der Waals surface area contributed by atoms with Crippen LogP contribution in [0.25, 0.3) is 10.8 Å². The Balaban J connectivity index is 1.38. The standard InChI is InChI=1S/C38H43NO5/c1-24-20-21-29(25(2)35(24)36(40)41)33-23-28(43-34-19-10-9-17-32(33)34)15-12-22-39(37(42)44-38(4,5)6)26(3)30-18-11-14-27-13-7-8-16-31(27)30/h7-11,13-14,16-21,26,28,33H,12,15,22-23H2,1-6H3,(H,40,41). The van der Waals surface area contributed by atoms with Crippen molar-refractivity contribution in [2.75, 3.05) is 6.54 Å². The van der Waals surface area contributed by atoms with E-state index in [9.17, 15) is 14.7 Å². The smallest absolute Gasteiger partial charge is 0.410 e. The van der Waals surface area contributed by atoms with Gasteiger partial charge >= 0.3 is 12.1 Å². The molecule has 1 amide bonds. The van der Waals surface area contributed by atoms with Gasteiger partial charge in [0.1, 0.15) is 11.4 Å². The van der Waals surface area contributed by atoms with Crippen LogP contribution in [0.5, 0.6) is 5.75 Å². The van der Waals surface area contributed by atoms with Gasteiger partial charge in [-0.2, -0.15) is 0 Å². The lowest BCUT2D eigenvalue weighted by atomic mass is 9.80. The Morgan fingerprint density at radius 2 is 1.66 bits per heavy atom. The van der Waals surface area contributed by atoms with Gasteiger partial charge in [0, 0.05) is 18.0 Å². The van der Waals surface area contributed by atoms with Gasteiger partial charge in [-0.1, -0.05) is 72.8 Å². The first-order valence-corrected chi connectivity index (χ1v) is 15.5. The number of hydrogen-bond donors (Lipinski definition) is 1. The number of aromatic carboxylic acids is 1. The molecule has 230 valence electrons. The van der Waals surface area contributed by atoms with E-state index in [4.69, 9.17) is 9.47 Å². The van der Waals surface area contributed by atoms with Crippen LogP contribution in [0.15, 0.2) is 78.9 Å². The van der Waals surface area contributed by atoms with Crippen LogP contribution in [0.2, 0.25) is 0 Å². The molecule has 3 unspecified atom stereocenters. The quantitative estimate of drug-likeness (QED) is 0.220. The molecule has 0 saturated heterocycles. The summed E-state index contributed by atoms with van der Waals surface area (Å²) in [6, 6.07) is 26.3. The summed E-state index contributed by atoms with van der Waals surface area (Å²) in [6.45, 7) is 12.0. The van der Waals surface area contributed by atoms with Crippen LogP contribution in [0, 0.1) is 13.8 Å². The minimum atomic E-state index is -0.902. The van der Waals surface area contributed by atoms with Crippen molar-refractivity contribution in [3.8, 4) is 5.75 Å². The summed E-state index contributed by atoms with van der Waals surface area (Å²) in [5, 5.41) is 12.2. The Morgan fingerprint density at radius 3 is 2.41 bits per heavy atom. The molecule has 0 fully saturated rings. The number of carboxylic acids is 1. The van der Waals surface area contributed by atoms with E-state index >= 15 is 0 Å². The monoisotopic (exact) mass is 593 g/mol. The molecule has 0 aromatic heterocycles. The number of aryl methyl sites for hydroxylation is 1. The van der Waals surface area contributed by atoms with E-state index < -0.39 is 11.6 Å². The number of hydrogen-bond acceptors (Lipinski definition) is 4. The van der Waals surface area contributed by atoms with Crippen molar-refractivity contribution in [2.24, 2.45) is 0 Å². The Kier molecular flexibility index (Phi) is 9.00. The zero-order valence-corrected chi connectivity index (χ0v) is 26.6. The first-order valence-electron chi connectivity index (χ1n) is 15.5. The summed E-state index contributed by atoms with van der Waals surface area (Å²) in [7, 11) is 0. The van der Waals surface area contributed by atoms with E-state index in [2.05, 4.69) is 43.3 Å². The minimum Gasteiger partial charge on any atom is -0.490 e. The molecule has 1 N–H and O–H groups in total. The van der Waals surface area contributed by atoms with Crippen LogP contribution >= 0.6 is 0 Å². The second-order valence-electron chi connectivity index (χ2n) is 12.9. The Labute approximate surface area is 260 Å². The maximum atomic E-state index is 13.6. The largest absolute Gasteiger partial charge is 0.490 e. The van der Waals surface area contributed by atoms with Gasteiger partial charge in [-0.05, 0) is 99.9 Å². The van der Waals surface area contributed by atoms with Crippen molar-refractivity contribution in [3.63, 3.8) is 0 Å². The van der Waals surface area contributed by atoms with E-state index in [0.29, 0.717) is 12.1 Å². The van der Waals surface area contributed by atoms with Gasteiger partial charge in [0.2, 0.25) is 0 Å². The molecule has 5 rings (SSSR count). The third kappa shape index (κ3) is 6.59. The molecular weight excluding hydrogens is 550 g/mol. The van der Waals surface area contributed by atoms with E-state index in [1.165, 1.54) is 0 Å². The number of rotatable bonds is 8. The molecule has 44 heavy (non-hydrogen) atoms. The molecule has 0 bridgehead atoms. The minimum absolute atomic E-state index is 0.0141. The molecule has 0 radical (unpaired) electrons. The molecular formula is C38H43NO5. The van der Waals surface area contributed by atoms with Gasteiger partial charge < -0.3 is 19.5 Å². The van der Waals surface area contributed by atoms with Crippen LogP contribution in [0.3, 0.4) is 0 Å². The van der Waals surface area contributed by atoms with E-state index in [-0.39, 0.29) is 24.2 Å². The number of carboxylic acid groups (broad SMARTS) is 1. The summed E-state index contributed by atoms with van der Waals surface area (Å²) in [4.78, 5) is 27.5. The number of nitrogens with zero attached hydrogens (tertiary/aromatic N) is 1. The number of amides is 1. The summed E-state index contributed by atoms with van der Waals surface area (Å²) in [5.41, 5.74) is 4.51. The van der Waals surface area contributed by atoms with Crippen LogP contribution < -0.4 is 4.74 Å². The fourth-order valence-electron chi connectivity index (χ4n) is 6.57. The van der Waals surface area contributed by atoms with Crippen molar-refractivity contribution in [2.45, 2.75) is 84.5 Å². The third-order valence-corrected chi connectivity index (χ3v) is 8.69. The molecule has 6 nitrogen and oxygen atoms in total.